The van der Waals surface area contributed by atoms with Gasteiger partial charge >= 0.3 is 0 Å². The molecule has 20 heavy (non-hydrogen) atoms. The van der Waals surface area contributed by atoms with Crippen molar-refractivity contribution in [3.63, 3.8) is 0 Å². The number of methoxy groups -OCH3 is 1. The van der Waals surface area contributed by atoms with Crippen LogP contribution in [0.15, 0.2) is 24.3 Å². The zero-order valence-corrected chi connectivity index (χ0v) is 13.6. The van der Waals surface area contributed by atoms with Crippen LogP contribution in [0.1, 0.15) is 64.1 Å². The lowest BCUT2D eigenvalue weighted by Crippen LogP contribution is -2.38. The second kappa shape index (κ2) is 6.28. The van der Waals surface area contributed by atoms with E-state index < -0.39 is 0 Å². The minimum atomic E-state index is 0.224. The first kappa shape index (κ1) is 15.5. The van der Waals surface area contributed by atoms with Crippen molar-refractivity contribution in [2.45, 2.75) is 70.6 Å². The fraction of sp³-hybridized carbons (Fsp3) is 0.667. The Labute approximate surface area is 123 Å². The molecule has 3 unspecified atom stereocenters. The van der Waals surface area contributed by atoms with Crippen LogP contribution in [0.5, 0.6) is 0 Å². The van der Waals surface area contributed by atoms with E-state index >= 15 is 0 Å². The first-order valence-corrected chi connectivity index (χ1v) is 7.81. The molecule has 0 aliphatic heterocycles. The van der Waals surface area contributed by atoms with Gasteiger partial charge in [0.25, 0.3) is 0 Å². The molecule has 2 heteroatoms. The number of hydrogen-bond acceptors (Lipinski definition) is 2. The molecule has 0 bridgehead atoms. The van der Waals surface area contributed by atoms with Gasteiger partial charge in [0, 0.05) is 19.2 Å². The van der Waals surface area contributed by atoms with Crippen molar-refractivity contribution in [3.05, 3.63) is 35.4 Å². The summed E-state index contributed by atoms with van der Waals surface area (Å²) in [5, 5.41) is 3.73. The fourth-order valence-electron chi connectivity index (χ4n) is 3.09. The maximum absolute atomic E-state index is 5.56. The molecule has 1 aromatic carbocycles. The molecule has 112 valence electrons. The average molecular weight is 275 g/mol. The highest BCUT2D eigenvalue weighted by Gasteiger charge is 2.28. The second-order valence-corrected chi connectivity index (χ2v) is 7.07. The van der Waals surface area contributed by atoms with Gasteiger partial charge in [-0.3, -0.25) is 0 Å². The maximum Gasteiger partial charge on any atom is 0.0724 e. The Morgan fingerprint density at radius 2 is 1.80 bits per heavy atom. The first-order chi connectivity index (χ1) is 9.41. The van der Waals surface area contributed by atoms with Crippen molar-refractivity contribution in [1.82, 2.24) is 5.32 Å². The predicted octanol–water partition coefficient (Wildman–Crippen LogP) is 4.20. The van der Waals surface area contributed by atoms with Crippen molar-refractivity contribution in [2.24, 2.45) is 0 Å². The monoisotopic (exact) mass is 275 g/mol. The number of rotatable bonds is 4. The summed E-state index contributed by atoms with van der Waals surface area (Å²) in [5.41, 5.74) is 2.98. The molecule has 1 N–H and O–H groups in total. The van der Waals surface area contributed by atoms with Crippen molar-refractivity contribution >= 4 is 0 Å². The van der Waals surface area contributed by atoms with E-state index in [0.29, 0.717) is 18.2 Å². The van der Waals surface area contributed by atoms with Crippen molar-refractivity contribution in [1.29, 1.82) is 0 Å². The Morgan fingerprint density at radius 3 is 2.35 bits per heavy atom. The van der Waals surface area contributed by atoms with Crippen LogP contribution in [0.3, 0.4) is 0 Å². The Kier molecular flexibility index (Phi) is 4.87. The Balaban J connectivity index is 2.00. The van der Waals surface area contributed by atoms with Gasteiger partial charge in [0.2, 0.25) is 0 Å². The standard InChI is InChI=1S/C18H29NO/c1-13(19-16-7-6-8-17(16)20-5)14-9-11-15(12-10-14)18(2,3)4/h9-13,16-17,19H,6-8H2,1-5H3. The third-order valence-electron chi connectivity index (χ3n) is 4.50. The van der Waals surface area contributed by atoms with Gasteiger partial charge in [-0.2, -0.15) is 0 Å². The van der Waals surface area contributed by atoms with E-state index in [1.807, 2.05) is 7.11 Å². The molecular weight excluding hydrogens is 246 g/mol. The van der Waals surface area contributed by atoms with E-state index in [0.717, 1.165) is 0 Å². The smallest absolute Gasteiger partial charge is 0.0724 e. The van der Waals surface area contributed by atoms with E-state index in [2.05, 4.69) is 57.3 Å². The summed E-state index contributed by atoms with van der Waals surface area (Å²) in [7, 11) is 1.83. The van der Waals surface area contributed by atoms with Gasteiger partial charge in [-0.05, 0) is 42.7 Å². The molecule has 0 radical (unpaired) electrons. The van der Waals surface area contributed by atoms with Gasteiger partial charge in [-0.25, -0.2) is 0 Å². The zero-order chi connectivity index (χ0) is 14.8. The zero-order valence-electron chi connectivity index (χ0n) is 13.6. The molecular formula is C18H29NO. The van der Waals surface area contributed by atoms with Gasteiger partial charge in [-0.15, -0.1) is 0 Å². The van der Waals surface area contributed by atoms with E-state index in [9.17, 15) is 0 Å². The third-order valence-corrected chi connectivity index (χ3v) is 4.50. The molecule has 1 aliphatic carbocycles. The second-order valence-electron chi connectivity index (χ2n) is 7.07. The van der Waals surface area contributed by atoms with Crippen LogP contribution in [0, 0.1) is 0 Å². The maximum atomic E-state index is 5.56. The molecule has 1 aliphatic rings. The van der Waals surface area contributed by atoms with Gasteiger partial charge in [0.1, 0.15) is 0 Å². The SMILES string of the molecule is COC1CCCC1NC(C)c1ccc(C(C)(C)C)cc1. The summed E-state index contributed by atoms with van der Waals surface area (Å²) < 4.78 is 5.56. The highest BCUT2D eigenvalue weighted by Crippen LogP contribution is 2.26. The summed E-state index contributed by atoms with van der Waals surface area (Å²) in [5.74, 6) is 0. The molecule has 2 rings (SSSR count). The summed E-state index contributed by atoms with van der Waals surface area (Å²) in [4.78, 5) is 0. The number of hydrogen-bond donors (Lipinski definition) is 1. The van der Waals surface area contributed by atoms with E-state index in [1.165, 1.54) is 30.4 Å². The summed E-state index contributed by atoms with van der Waals surface area (Å²) >= 11 is 0. The normalized spacial score (nSPS) is 24.9. The van der Waals surface area contributed by atoms with E-state index in [1.54, 1.807) is 0 Å². The van der Waals surface area contributed by atoms with Gasteiger partial charge in [0.15, 0.2) is 0 Å². The topological polar surface area (TPSA) is 21.3 Å². The van der Waals surface area contributed by atoms with Crippen LogP contribution in [0.2, 0.25) is 0 Å². The van der Waals surface area contributed by atoms with Gasteiger partial charge < -0.3 is 10.1 Å². The van der Waals surface area contributed by atoms with Crippen molar-refractivity contribution in [2.75, 3.05) is 7.11 Å². The Morgan fingerprint density at radius 1 is 1.15 bits per heavy atom. The Hall–Kier alpha value is -0.860. The predicted molar refractivity (Wildman–Crippen MR) is 85.1 cm³/mol. The molecule has 1 fully saturated rings. The molecule has 1 aromatic rings. The van der Waals surface area contributed by atoms with E-state index in [-0.39, 0.29) is 5.41 Å². The average Bonchev–Trinajstić information content (AvgIpc) is 2.85. The number of nitrogens with one attached hydrogen (secondary N) is 1. The molecule has 1 saturated carbocycles. The number of ether oxygens (including phenoxy) is 1. The molecule has 0 spiro atoms. The van der Waals surface area contributed by atoms with Crippen LogP contribution in [0.4, 0.5) is 0 Å². The highest BCUT2D eigenvalue weighted by molar-refractivity contribution is 5.29. The number of benzene rings is 1. The molecule has 0 aromatic heterocycles. The lowest BCUT2D eigenvalue weighted by molar-refractivity contribution is 0.0820. The molecule has 0 heterocycles. The van der Waals surface area contributed by atoms with Crippen molar-refractivity contribution in [3.8, 4) is 0 Å². The molecule has 3 atom stereocenters. The quantitative estimate of drug-likeness (QED) is 0.889. The van der Waals surface area contributed by atoms with Gasteiger partial charge in [-0.1, -0.05) is 45.0 Å². The third kappa shape index (κ3) is 3.62. The largest absolute Gasteiger partial charge is 0.380 e. The first-order valence-electron chi connectivity index (χ1n) is 7.81. The van der Waals surface area contributed by atoms with Gasteiger partial charge in [0.05, 0.1) is 6.10 Å². The van der Waals surface area contributed by atoms with Crippen LogP contribution in [-0.2, 0) is 10.2 Å². The molecule has 0 amide bonds. The molecule has 0 saturated heterocycles. The lowest BCUT2D eigenvalue weighted by atomic mass is 9.86. The highest BCUT2D eigenvalue weighted by atomic mass is 16.5. The minimum absolute atomic E-state index is 0.224. The fourth-order valence-corrected chi connectivity index (χ4v) is 3.09. The summed E-state index contributed by atoms with van der Waals surface area (Å²) in [6.07, 6.45) is 4.06. The van der Waals surface area contributed by atoms with Crippen LogP contribution < -0.4 is 5.32 Å². The van der Waals surface area contributed by atoms with Crippen LogP contribution >= 0.6 is 0 Å². The Bertz CT molecular complexity index is 418. The lowest BCUT2D eigenvalue weighted by Gasteiger charge is -2.25. The van der Waals surface area contributed by atoms with E-state index in [4.69, 9.17) is 4.74 Å². The summed E-state index contributed by atoms with van der Waals surface area (Å²) in [6.45, 7) is 9.01. The van der Waals surface area contributed by atoms with Crippen LogP contribution in [-0.4, -0.2) is 19.3 Å². The summed E-state index contributed by atoms with van der Waals surface area (Å²) in [6, 6.07) is 9.91. The molecule has 2 nitrogen and oxygen atoms in total. The minimum Gasteiger partial charge on any atom is -0.380 e. The van der Waals surface area contributed by atoms with Crippen molar-refractivity contribution < 1.29 is 4.74 Å². The van der Waals surface area contributed by atoms with Crippen LogP contribution in [0.25, 0.3) is 0 Å².